The Labute approximate surface area is 70.1 Å². The van der Waals surface area contributed by atoms with E-state index in [2.05, 4.69) is 0 Å². The molecular weight excluding hydrogens is 164 g/mol. The van der Waals surface area contributed by atoms with Crippen LogP contribution in [0.1, 0.15) is 18.6 Å². The van der Waals surface area contributed by atoms with E-state index in [1.165, 1.54) is 6.07 Å². The Hall–Kier alpha value is -0.730. The van der Waals surface area contributed by atoms with Crippen LogP contribution in [0.2, 0.25) is 5.02 Å². The average molecular weight is 173 g/mol. The maximum atomic E-state index is 9.22. The van der Waals surface area contributed by atoms with Gasteiger partial charge in [0.1, 0.15) is 5.75 Å². The highest BCUT2D eigenvalue weighted by atomic mass is 35.5. The summed E-state index contributed by atoms with van der Waals surface area (Å²) in [6, 6.07) is 4.75. The first kappa shape index (κ1) is 8.37. The molecule has 0 amide bonds. The summed E-state index contributed by atoms with van der Waals surface area (Å²) in [6.45, 7) is 1.56. The van der Waals surface area contributed by atoms with E-state index in [4.69, 9.17) is 16.7 Å². The topological polar surface area (TPSA) is 40.5 Å². The van der Waals surface area contributed by atoms with Crippen LogP contribution in [0.15, 0.2) is 18.2 Å². The van der Waals surface area contributed by atoms with Crippen LogP contribution in [0.25, 0.3) is 0 Å². The fraction of sp³-hybridized carbons (Fsp3) is 0.250. The zero-order valence-corrected chi connectivity index (χ0v) is 6.84. The molecule has 1 atom stereocenters. The van der Waals surface area contributed by atoms with Crippen LogP contribution in [-0.2, 0) is 0 Å². The Balaban J connectivity index is 3.21. The van der Waals surface area contributed by atoms with Crippen molar-refractivity contribution in [3.8, 4) is 5.75 Å². The maximum absolute atomic E-state index is 9.22. The van der Waals surface area contributed by atoms with Crippen molar-refractivity contribution in [1.29, 1.82) is 0 Å². The third-order valence-corrected chi connectivity index (χ3v) is 1.78. The molecule has 1 rings (SSSR count). The molecule has 0 bridgehead atoms. The van der Waals surface area contributed by atoms with Crippen molar-refractivity contribution >= 4 is 11.6 Å². The molecule has 60 valence electrons. The first-order valence-corrected chi connectivity index (χ1v) is 3.66. The number of hydrogen-bond donors (Lipinski definition) is 2. The molecular formula is C8H9ClO2. The second-order valence-corrected chi connectivity index (χ2v) is 2.76. The number of phenols is 1. The highest BCUT2D eigenvalue weighted by Crippen LogP contribution is 2.30. The van der Waals surface area contributed by atoms with E-state index in [9.17, 15) is 5.11 Å². The van der Waals surface area contributed by atoms with E-state index in [-0.39, 0.29) is 5.75 Å². The average Bonchev–Trinajstić information content (AvgIpc) is 1.85. The molecule has 0 saturated heterocycles. The van der Waals surface area contributed by atoms with E-state index >= 15 is 0 Å². The monoisotopic (exact) mass is 172 g/mol. The van der Waals surface area contributed by atoms with Gasteiger partial charge >= 0.3 is 0 Å². The van der Waals surface area contributed by atoms with Crippen molar-refractivity contribution in [1.82, 2.24) is 0 Å². The van der Waals surface area contributed by atoms with Gasteiger partial charge in [0.15, 0.2) is 0 Å². The molecule has 2 nitrogen and oxygen atoms in total. The van der Waals surface area contributed by atoms with Crippen LogP contribution in [-0.4, -0.2) is 10.2 Å². The van der Waals surface area contributed by atoms with Gasteiger partial charge in [-0.1, -0.05) is 17.7 Å². The summed E-state index contributed by atoms with van der Waals surface area (Å²) < 4.78 is 0. The maximum Gasteiger partial charge on any atom is 0.122 e. The van der Waals surface area contributed by atoms with Gasteiger partial charge in [-0.3, -0.25) is 0 Å². The Morgan fingerprint density at radius 3 is 2.45 bits per heavy atom. The summed E-state index contributed by atoms with van der Waals surface area (Å²) in [6.07, 6.45) is -0.733. The minimum atomic E-state index is -0.733. The Morgan fingerprint density at radius 1 is 1.45 bits per heavy atom. The number of aromatic hydroxyl groups is 1. The van der Waals surface area contributed by atoms with E-state index in [1.54, 1.807) is 19.1 Å². The summed E-state index contributed by atoms with van der Waals surface area (Å²) in [7, 11) is 0. The van der Waals surface area contributed by atoms with Crippen molar-refractivity contribution < 1.29 is 10.2 Å². The van der Waals surface area contributed by atoms with Gasteiger partial charge in [-0.05, 0) is 19.1 Å². The molecule has 0 spiro atoms. The fourth-order valence-corrected chi connectivity index (χ4v) is 1.27. The van der Waals surface area contributed by atoms with Gasteiger partial charge in [-0.15, -0.1) is 0 Å². The SMILES string of the molecule is C[C@H](O)c1c(O)cccc1Cl. The molecule has 0 aliphatic rings. The lowest BCUT2D eigenvalue weighted by molar-refractivity contribution is 0.195. The molecule has 0 fully saturated rings. The Morgan fingerprint density at radius 2 is 2.09 bits per heavy atom. The number of hydrogen-bond acceptors (Lipinski definition) is 2. The van der Waals surface area contributed by atoms with Crippen LogP contribution >= 0.6 is 11.6 Å². The van der Waals surface area contributed by atoms with Crippen molar-refractivity contribution in [2.24, 2.45) is 0 Å². The number of aliphatic hydroxyl groups is 1. The predicted molar refractivity (Wildman–Crippen MR) is 43.8 cm³/mol. The molecule has 11 heavy (non-hydrogen) atoms. The number of phenolic OH excluding ortho intramolecular Hbond substituents is 1. The minimum absolute atomic E-state index is 0.0347. The first-order valence-electron chi connectivity index (χ1n) is 3.28. The zero-order valence-electron chi connectivity index (χ0n) is 6.08. The van der Waals surface area contributed by atoms with E-state index in [0.29, 0.717) is 10.6 Å². The number of rotatable bonds is 1. The second-order valence-electron chi connectivity index (χ2n) is 2.35. The van der Waals surface area contributed by atoms with Crippen LogP contribution < -0.4 is 0 Å². The summed E-state index contributed by atoms with van der Waals surface area (Å²) in [5.41, 5.74) is 0.383. The standard InChI is InChI=1S/C8H9ClO2/c1-5(10)8-6(9)3-2-4-7(8)11/h2-5,10-11H,1H3/t5-/m0/s1. The van der Waals surface area contributed by atoms with Crippen molar-refractivity contribution in [2.75, 3.05) is 0 Å². The summed E-state index contributed by atoms with van der Waals surface area (Å²) in [5, 5.41) is 18.7. The van der Waals surface area contributed by atoms with E-state index in [1.807, 2.05) is 0 Å². The normalized spacial score (nSPS) is 13.0. The summed E-state index contributed by atoms with van der Waals surface area (Å²) in [5.74, 6) is 0.0347. The van der Waals surface area contributed by atoms with Gasteiger partial charge in [0.2, 0.25) is 0 Å². The molecule has 0 unspecified atom stereocenters. The van der Waals surface area contributed by atoms with Crippen LogP contribution in [0, 0.1) is 0 Å². The lowest BCUT2D eigenvalue weighted by atomic mass is 10.1. The lowest BCUT2D eigenvalue weighted by Gasteiger charge is -2.08. The Bertz CT molecular complexity index is 238. The number of benzene rings is 1. The zero-order chi connectivity index (χ0) is 8.43. The second kappa shape index (κ2) is 3.11. The Kier molecular flexibility index (Phi) is 2.37. The van der Waals surface area contributed by atoms with Crippen molar-refractivity contribution in [3.05, 3.63) is 28.8 Å². The number of aliphatic hydroxyl groups excluding tert-OH is 1. The van der Waals surface area contributed by atoms with Gasteiger partial charge in [-0.2, -0.15) is 0 Å². The molecule has 3 heteroatoms. The molecule has 0 heterocycles. The first-order chi connectivity index (χ1) is 5.13. The number of halogens is 1. The van der Waals surface area contributed by atoms with Gasteiger partial charge in [0.25, 0.3) is 0 Å². The highest BCUT2D eigenvalue weighted by molar-refractivity contribution is 6.31. The van der Waals surface area contributed by atoms with Gasteiger partial charge in [-0.25, -0.2) is 0 Å². The molecule has 1 aromatic rings. The van der Waals surface area contributed by atoms with Crippen molar-refractivity contribution in [2.45, 2.75) is 13.0 Å². The van der Waals surface area contributed by atoms with Crippen LogP contribution in [0.5, 0.6) is 5.75 Å². The quantitative estimate of drug-likeness (QED) is 0.681. The lowest BCUT2D eigenvalue weighted by Crippen LogP contribution is -1.92. The smallest absolute Gasteiger partial charge is 0.122 e. The minimum Gasteiger partial charge on any atom is -0.508 e. The summed E-state index contributed by atoms with van der Waals surface area (Å²) in [4.78, 5) is 0. The third kappa shape index (κ3) is 1.64. The molecule has 0 aromatic heterocycles. The van der Waals surface area contributed by atoms with Crippen LogP contribution in [0.4, 0.5) is 0 Å². The third-order valence-electron chi connectivity index (χ3n) is 1.45. The largest absolute Gasteiger partial charge is 0.508 e. The van der Waals surface area contributed by atoms with Gasteiger partial charge in [0.05, 0.1) is 11.1 Å². The van der Waals surface area contributed by atoms with Gasteiger partial charge < -0.3 is 10.2 Å². The van der Waals surface area contributed by atoms with Gasteiger partial charge in [0, 0.05) is 5.56 Å². The molecule has 0 saturated carbocycles. The molecule has 0 radical (unpaired) electrons. The molecule has 0 aliphatic carbocycles. The van der Waals surface area contributed by atoms with Crippen LogP contribution in [0.3, 0.4) is 0 Å². The van der Waals surface area contributed by atoms with Crippen molar-refractivity contribution in [3.63, 3.8) is 0 Å². The molecule has 2 N–H and O–H groups in total. The van der Waals surface area contributed by atoms with E-state index < -0.39 is 6.10 Å². The fourth-order valence-electron chi connectivity index (χ4n) is 0.939. The van der Waals surface area contributed by atoms with E-state index in [0.717, 1.165) is 0 Å². The molecule has 0 aliphatic heterocycles. The highest BCUT2D eigenvalue weighted by Gasteiger charge is 2.10. The molecule has 1 aromatic carbocycles. The summed E-state index contributed by atoms with van der Waals surface area (Å²) >= 11 is 5.70. The predicted octanol–water partition coefficient (Wildman–Crippen LogP) is 2.10.